The van der Waals surface area contributed by atoms with E-state index in [0.717, 1.165) is 12.3 Å². The van der Waals surface area contributed by atoms with Crippen molar-refractivity contribution in [1.29, 1.82) is 0 Å². The van der Waals surface area contributed by atoms with E-state index in [1.54, 1.807) is 0 Å². The second-order valence-electron chi connectivity index (χ2n) is 6.06. The van der Waals surface area contributed by atoms with Crippen molar-refractivity contribution in [3.63, 3.8) is 0 Å². The van der Waals surface area contributed by atoms with Crippen LogP contribution in [0.4, 0.5) is 0 Å². The molecule has 98 valence electrons. The monoisotopic (exact) mass is 244 g/mol. The molecule has 2 nitrogen and oxygen atoms in total. The van der Waals surface area contributed by atoms with Gasteiger partial charge in [-0.15, -0.1) is 0 Å². The molecule has 3 aliphatic rings. The first-order valence-corrected chi connectivity index (χ1v) is 7.34. The first-order chi connectivity index (χ1) is 8.81. The summed E-state index contributed by atoms with van der Waals surface area (Å²) in [6.45, 7) is 3.56. The summed E-state index contributed by atoms with van der Waals surface area (Å²) in [5, 5.41) is 7.51. The predicted octanol–water partition coefficient (Wildman–Crippen LogP) is 2.35. The minimum atomic E-state index is 0.568. The predicted molar refractivity (Wildman–Crippen MR) is 75.7 cm³/mol. The molecule has 2 bridgehead atoms. The molecule has 18 heavy (non-hydrogen) atoms. The number of rotatable bonds is 4. The van der Waals surface area contributed by atoms with Crippen molar-refractivity contribution in [2.24, 2.45) is 5.92 Å². The highest BCUT2D eigenvalue weighted by Gasteiger charge is 2.35. The van der Waals surface area contributed by atoms with Crippen LogP contribution in [0.15, 0.2) is 30.3 Å². The van der Waals surface area contributed by atoms with Gasteiger partial charge in [0.15, 0.2) is 0 Å². The molecule has 1 aliphatic carbocycles. The van der Waals surface area contributed by atoms with Crippen LogP contribution < -0.4 is 10.6 Å². The van der Waals surface area contributed by atoms with E-state index in [0.29, 0.717) is 18.1 Å². The molecule has 2 heteroatoms. The van der Waals surface area contributed by atoms with Crippen LogP contribution in [0.2, 0.25) is 0 Å². The summed E-state index contributed by atoms with van der Waals surface area (Å²) in [4.78, 5) is 0. The van der Waals surface area contributed by atoms with Crippen LogP contribution in [0.1, 0.15) is 31.7 Å². The van der Waals surface area contributed by atoms with E-state index in [-0.39, 0.29) is 0 Å². The third-order valence-corrected chi connectivity index (χ3v) is 4.51. The zero-order chi connectivity index (χ0) is 12.4. The molecule has 2 aliphatic heterocycles. The van der Waals surface area contributed by atoms with E-state index in [1.165, 1.54) is 31.4 Å². The maximum absolute atomic E-state index is 3.84. The lowest BCUT2D eigenvalue weighted by Crippen LogP contribution is -2.59. The summed E-state index contributed by atoms with van der Waals surface area (Å²) in [5.74, 6) is 0.913. The Morgan fingerprint density at radius 1 is 1.28 bits per heavy atom. The number of nitrogens with one attached hydrogen (secondary N) is 2. The Hall–Kier alpha value is -0.860. The molecule has 0 aromatic heterocycles. The first kappa shape index (κ1) is 12.2. The molecule has 2 heterocycles. The van der Waals surface area contributed by atoms with Crippen LogP contribution in [-0.2, 0) is 6.42 Å². The Bertz CT molecular complexity index is 368. The molecule has 2 saturated heterocycles. The van der Waals surface area contributed by atoms with Gasteiger partial charge in [0.05, 0.1) is 0 Å². The van der Waals surface area contributed by atoms with Gasteiger partial charge in [-0.25, -0.2) is 0 Å². The average molecular weight is 244 g/mol. The van der Waals surface area contributed by atoms with Gasteiger partial charge in [0, 0.05) is 18.1 Å². The fraction of sp³-hybridized carbons (Fsp3) is 0.625. The van der Waals surface area contributed by atoms with Crippen LogP contribution in [-0.4, -0.2) is 24.7 Å². The van der Waals surface area contributed by atoms with Crippen LogP contribution in [0, 0.1) is 5.92 Å². The summed E-state index contributed by atoms with van der Waals surface area (Å²) in [7, 11) is 0. The molecule has 4 atom stereocenters. The summed E-state index contributed by atoms with van der Waals surface area (Å²) >= 11 is 0. The number of benzene rings is 1. The fourth-order valence-corrected chi connectivity index (χ4v) is 3.58. The third-order valence-electron chi connectivity index (χ3n) is 4.51. The molecular formula is C16H24N2. The van der Waals surface area contributed by atoms with Gasteiger partial charge in [-0.05, 0) is 50.6 Å². The number of hydrogen-bond donors (Lipinski definition) is 2. The lowest BCUT2D eigenvalue weighted by Gasteiger charge is -2.44. The molecule has 4 unspecified atom stereocenters. The fourth-order valence-electron chi connectivity index (χ4n) is 3.58. The molecular weight excluding hydrogens is 220 g/mol. The zero-order valence-corrected chi connectivity index (χ0v) is 11.2. The Balaban J connectivity index is 1.53. The molecule has 1 aromatic carbocycles. The Morgan fingerprint density at radius 2 is 2.11 bits per heavy atom. The normalized spacial score (nSPS) is 32.4. The summed E-state index contributed by atoms with van der Waals surface area (Å²) < 4.78 is 0. The van der Waals surface area contributed by atoms with Crippen LogP contribution in [0.25, 0.3) is 0 Å². The van der Waals surface area contributed by atoms with Gasteiger partial charge in [-0.3, -0.25) is 0 Å². The summed E-state index contributed by atoms with van der Waals surface area (Å²) in [6.07, 6.45) is 5.30. The van der Waals surface area contributed by atoms with Gasteiger partial charge in [0.25, 0.3) is 0 Å². The maximum Gasteiger partial charge on any atom is 0.0226 e. The zero-order valence-electron chi connectivity index (χ0n) is 11.2. The van der Waals surface area contributed by atoms with E-state index in [2.05, 4.69) is 47.9 Å². The first-order valence-electron chi connectivity index (χ1n) is 7.34. The summed E-state index contributed by atoms with van der Waals surface area (Å²) in [6, 6.07) is 12.8. The number of piperidine rings is 2. The SMILES string of the molecule is CC(Cc1ccccc1)NC1CC2CCC1NC2. The Kier molecular flexibility index (Phi) is 3.67. The number of hydrogen-bond acceptors (Lipinski definition) is 2. The van der Waals surface area contributed by atoms with E-state index in [9.17, 15) is 0 Å². The minimum Gasteiger partial charge on any atom is -0.312 e. The van der Waals surface area contributed by atoms with Gasteiger partial charge in [0.2, 0.25) is 0 Å². The van der Waals surface area contributed by atoms with Crippen molar-refractivity contribution in [2.75, 3.05) is 6.54 Å². The van der Waals surface area contributed by atoms with Crippen molar-refractivity contribution in [3.05, 3.63) is 35.9 Å². The average Bonchev–Trinajstić information content (AvgIpc) is 2.41. The second kappa shape index (κ2) is 5.41. The van der Waals surface area contributed by atoms with Crippen LogP contribution in [0.3, 0.4) is 0 Å². The van der Waals surface area contributed by atoms with Crippen molar-refractivity contribution < 1.29 is 0 Å². The van der Waals surface area contributed by atoms with Crippen LogP contribution in [0.5, 0.6) is 0 Å². The Labute approximate surface area is 110 Å². The van der Waals surface area contributed by atoms with E-state index < -0.39 is 0 Å². The van der Waals surface area contributed by atoms with Gasteiger partial charge < -0.3 is 10.6 Å². The van der Waals surface area contributed by atoms with Crippen LogP contribution >= 0.6 is 0 Å². The molecule has 0 amide bonds. The van der Waals surface area contributed by atoms with Crippen molar-refractivity contribution in [2.45, 2.75) is 50.7 Å². The highest BCUT2D eigenvalue weighted by Crippen LogP contribution is 2.29. The maximum atomic E-state index is 3.84. The second-order valence-corrected chi connectivity index (χ2v) is 6.06. The van der Waals surface area contributed by atoms with Crippen molar-refractivity contribution in [3.8, 4) is 0 Å². The molecule has 2 N–H and O–H groups in total. The largest absolute Gasteiger partial charge is 0.312 e. The summed E-state index contributed by atoms with van der Waals surface area (Å²) in [5.41, 5.74) is 1.44. The highest BCUT2D eigenvalue weighted by atomic mass is 15.1. The van der Waals surface area contributed by atoms with E-state index >= 15 is 0 Å². The molecule has 1 saturated carbocycles. The Morgan fingerprint density at radius 3 is 2.72 bits per heavy atom. The molecule has 0 spiro atoms. The van der Waals surface area contributed by atoms with E-state index in [4.69, 9.17) is 0 Å². The van der Waals surface area contributed by atoms with Gasteiger partial charge in [0.1, 0.15) is 0 Å². The lowest BCUT2D eigenvalue weighted by molar-refractivity contribution is 0.153. The molecule has 4 rings (SSSR count). The van der Waals surface area contributed by atoms with Crippen molar-refractivity contribution in [1.82, 2.24) is 10.6 Å². The smallest absolute Gasteiger partial charge is 0.0226 e. The van der Waals surface area contributed by atoms with Gasteiger partial charge >= 0.3 is 0 Å². The standard InChI is InChI=1S/C16H24N2/c1-12(9-13-5-3-2-4-6-13)18-16-10-14-7-8-15(16)17-11-14/h2-6,12,14-18H,7-11H2,1H3. The topological polar surface area (TPSA) is 24.1 Å². The quantitative estimate of drug-likeness (QED) is 0.849. The number of fused-ring (bicyclic) bond motifs is 3. The van der Waals surface area contributed by atoms with E-state index in [1.807, 2.05) is 0 Å². The molecule has 0 radical (unpaired) electrons. The van der Waals surface area contributed by atoms with Gasteiger partial charge in [-0.1, -0.05) is 30.3 Å². The third kappa shape index (κ3) is 2.76. The minimum absolute atomic E-state index is 0.568. The highest BCUT2D eigenvalue weighted by molar-refractivity contribution is 5.15. The molecule has 1 aromatic rings. The van der Waals surface area contributed by atoms with Crippen molar-refractivity contribution >= 4 is 0 Å². The van der Waals surface area contributed by atoms with Gasteiger partial charge in [-0.2, -0.15) is 0 Å². The lowest BCUT2D eigenvalue weighted by atomic mass is 9.78. The molecule has 3 fully saturated rings.